The normalized spacial score (nSPS) is 19.2. The molecule has 12 heteroatoms. The summed E-state index contributed by atoms with van der Waals surface area (Å²) in [5.74, 6) is -0.934. The smallest absolute Gasteiger partial charge is 0.422 e. The Labute approximate surface area is 217 Å². The molecule has 1 fully saturated rings. The topological polar surface area (TPSA) is 97.4 Å². The third-order valence-electron chi connectivity index (χ3n) is 6.48. The lowest BCUT2D eigenvalue weighted by Gasteiger charge is -2.29. The van der Waals surface area contributed by atoms with Crippen LogP contribution < -0.4 is 14.8 Å². The standard InChI is InChI=1S/C26H27F4N3O4S/c1-16(17-2-7-20(27)8-3-17)31-25(34)18-4-9-21(10-5-18)33-38(35,36)22-11-12-23-19(14-22)6-13-24(32-23)37-15-26(28,29)30/h2-3,6-8,11-14,16,18,21,33H,4-5,9-10,15H2,1H3,(H,31,34)/t16-,18?,21?/m1/s1. The summed E-state index contributed by atoms with van der Waals surface area (Å²) in [6, 6.07) is 12.1. The minimum absolute atomic E-state index is 0.00347. The number of amides is 1. The maximum atomic E-state index is 13.1. The number of aromatic nitrogens is 1. The fraction of sp³-hybridized carbons (Fsp3) is 0.385. The molecule has 4 rings (SSSR count). The van der Waals surface area contributed by atoms with Crippen LogP contribution in [0.15, 0.2) is 59.5 Å². The molecule has 0 spiro atoms. The Kier molecular flexibility index (Phi) is 8.22. The molecular formula is C26H27F4N3O4S. The Balaban J connectivity index is 1.32. The third-order valence-corrected chi connectivity index (χ3v) is 8.00. The van der Waals surface area contributed by atoms with Gasteiger partial charge in [0, 0.05) is 23.4 Å². The van der Waals surface area contributed by atoms with Crippen molar-refractivity contribution in [2.24, 2.45) is 5.92 Å². The molecule has 3 aromatic rings. The van der Waals surface area contributed by atoms with Crippen molar-refractivity contribution in [3.05, 3.63) is 66.0 Å². The number of halogens is 4. The van der Waals surface area contributed by atoms with Gasteiger partial charge in [-0.15, -0.1) is 0 Å². The monoisotopic (exact) mass is 553 g/mol. The van der Waals surface area contributed by atoms with Gasteiger partial charge in [0.05, 0.1) is 16.5 Å². The summed E-state index contributed by atoms with van der Waals surface area (Å²) in [5, 5.41) is 3.37. The van der Waals surface area contributed by atoms with Crippen molar-refractivity contribution < 1.29 is 35.5 Å². The minimum Gasteiger partial charge on any atom is -0.468 e. The second-order valence-corrected chi connectivity index (χ2v) is 11.1. The zero-order valence-corrected chi connectivity index (χ0v) is 21.3. The molecule has 1 saturated carbocycles. The molecule has 7 nitrogen and oxygen atoms in total. The van der Waals surface area contributed by atoms with E-state index in [0.717, 1.165) is 5.56 Å². The first-order valence-corrected chi connectivity index (χ1v) is 13.6. The lowest BCUT2D eigenvalue weighted by Crippen LogP contribution is -2.41. The van der Waals surface area contributed by atoms with Gasteiger partial charge in [-0.25, -0.2) is 22.5 Å². The van der Waals surface area contributed by atoms with Crippen molar-refractivity contribution >= 4 is 26.8 Å². The Morgan fingerprint density at radius 1 is 1.05 bits per heavy atom. The molecule has 1 amide bonds. The van der Waals surface area contributed by atoms with E-state index in [0.29, 0.717) is 36.6 Å². The third kappa shape index (κ3) is 7.19. The maximum absolute atomic E-state index is 13.1. The predicted octanol–water partition coefficient (Wildman–Crippen LogP) is 5.03. The molecule has 1 aromatic heterocycles. The summed E-state index contributed by atoms with van der Waals surface area (Å²) in [7, 11) is -3.88. The molecule has 0 unspecified atom stereocenters. The van der Waals surface area contributed by atoms with Crippen molar-refractivity contribution in [2.45, 2.75) is 55.8 Å². The molecule has 2 aromatic carbocycles. The van der Waals surface area contributed by atoms with Gasteiger partial charge in [0.2, 0.25) is 21.8 Å². The van der Waals surface area contributed by atoms with Gasteiger partial charge in [-0.05, 0) is 74.6 Å². The van der Waals surface area contributed by atoms with Gasteiger partial charge in [-0.1, -0.05) is 12.1 Å². The number of sulfonamides is 1. The number of hydrogen-bond acceptors (Lipinski definition) is 5. The molecule has 1 atom stereocenters. The van der Waals surface area contributed by atoms with E-state index in [9.17, 15) is 30.8 Å². The molecule has 2 N–H and O–H groups in total. The predicted molar refractivity (Wildman–Crippen MR) is 132 cm³/mol. The molecule has 204 valence electrons. The van der Waals surface area contributed by atoms with Crippen LogP contribution in [-0.4, -0.2) is 38.1 Å². The number of hydrogen-bond donors (Lipinski definition) is 2. The van der Waals surface area contributed by atoms with Crippen LogP contribution in [0.1, 0.15) is 44.2 Å². The lowest BCUT2D eigenvalue weighted by atomic mass is 9.85. The number of nitrogens with one attached hydrogen (secondary N) is 2. The summed E-state index contributed by atoms with van der Waals surface area (Å²) < 4.78 is 83.5. The second-order valence-electron chi connectivity index (χ2n) is 9.36. The highest BCUT2D eigenvalue weighted by molar-refractivity contribution is 7.89. The highest BCUT2D eigenvalue weighted by atomic mass is 32.2. The minimum atomic E-state index is -4.49. The first kappa shape index (κ1) is 27.8. The molecule has 1 aliphatic rings. The van der Waals surface area contributed by atoms with E-state index in [-0.39, 0.29) is 40.5 Å². The van der Waals surface area contributed by atoms with Gasteiger partial charge in [-0.2, -0.15) is 13.2 Å². The highest BCUT2D eigenvalue weighted by Gasteiger charge is 2.30. The van der Waals surface area contributed by atoms with Crippen molar-refractivity contribution in [3.8, 4) is 5.88 Å². The van der Waals surface area contributed by atoms with Gasteiger partial charge in [0.15, 0.2) is 6.61 Å². The first-order chi connectivity index (χ1) is 17.9. The first-order valence-electron chi connectivity index (χ1n) is 12.1. The Morgan fingerprint density at radius 2 is 1.74 bits per heavy atom. The van der Waals surface area contributed by atoms with Gasteiger partial charge in [0.25, 0.3) is 0 Å². The number of carbonyl (C=O) groups excluding carboxylic acids is 1. The number of alkyl halides is 3. The van der Waals surface area contributed by atoms with Crippen molar-refractivity contribution in [3.63, 3.8) is 0 Å². The summed E-state index contributed by atoms with van der Waals surface area (Å²) in [6.07, 6.45) is -2.50. The van der Waals surface area contributed by atoms with E-state index in [1.807, 2.05) is 6.92 Å². The number of fused-ring (bicyclic) bond motifs is 1. The highest BCUT2D eigenvalue weighted by Crippen LogP contribution is 2.28. The maximum Gasteiger partial charge on any atom is 0.422 e. The van der Waals surface area contributed by atoms with Crippen LogP contribution in [0.25, 0.3) is 10.9 Å². The fourth-order valence-electron chi connectivity index (χ4n) is 4.42. The van der Waals surface area contributed by atoms with Crippen LogP contribution in [-0.2, 0) is 14.8 Å². The Morgan fingerprint density at radius 3 is 2.39 bits per heavy atom. The summed E-state index contributed by atoms with van der Waals surface area (Å²) in [5.41, 5.74) is 1.09. The number of ether oxygens (including phenoxy) is 1. The van der Waals surface area contributed by atoms with Crippen molar-refractivity contribution in [1.82, 2.24) is 15.0 Å². The number of rotatable bonds is 8. The average Bonchev–Trinajstić information content (AvgIpc) is 2.87. The van der Waals surface area contributed by atoms with E-state index < -0.39 is 22.8 Å². The van der Waals surface area contributed by atoms with Crippen molar-refractivity contribution in [1.29, 1.82) is 0 Å². The van der Waals surface area contributed by atoms with Gasteiger partial charge in [-0.3, -0.25) is 4.79 Å². The molecule has 0 bridgehead atoms. The molecule has 1 aliphatic carbocycles. The Hall–Kier alpha value is -3.25. The van der Waals surface area contributed by atoms with Crippen LogP contribution in [0.3, 0.4) is 0 Å². The molecule has 1 heterocycles. The van der Waals surface area contributed by atoms with Crippen LogP contribution in [0.2, 0.25) is 0 Å². The van der Waals surface area contributed by atoms with Crippen molar-refractivity contribution in [2.75, 3.05) is 6.61 Å². The summed E-state index contributed by atoms with van der Waals surface area (Å²) >= 11 is 0. The molecular weight excluding hydrogens is 526 g/mol. The van der Waals surface area contributed by atoms with Crippen LogP contribution >= 0.6 is 0 Å². The fourth-order valence-corrected chi connectivity index (χ4v) is 5.76. The van der Waals surface area contributed by atoms with Gasteiger partial charge in [0.1, 0.15) is 5.82 Å². The van der Waals surface area contributed by atoms with Crippen LogP contribution in [0.4, 0.5) is 17.6 Å². The van der Waals surface area contributed by atoms with Crippen LogP contribution in [0, 0.1) is 11.7 Å². The summed E-state index contributed by atoms with van der Waals surface area (Å²) in [4.78, 5) is 16.7. The quantitative estimate of drug-likeness (QED) is 0.382. The molecule has 0 saturated heterocycles. The summed E-state index contributed by atoms with van der Waals surface area (Å²) in [6.45, 7) is 0.347. The number of carbonyl (C=O) groups is 1. The number of nitrogens with zero attached hydrogens (tertiary/aromatic N) is 1. The van der Waals surface area contributed by atoms with E-state index in [1.165, 1.54) is 42.5 Å². The average molecular weight is 554 g/mol. The zero-order chi connectivity index (χ0) is 27.5. The number of pyridine rings is 1. The van der Waals surface area contributed by atoms with E-state index in [1.54, 1.807) is 12.1 Å². The van der Waals surface area contributed by atoms with Gasteiger partial charge < -0.3 is 10.1 Å². The second kappa shape index (κ2) is 11.2. The molecule has 0 aliphatic heterocycles. The molecule has 38 heavy (non-hydrogen) atoms. The zero-order valence-electron chi connectivity index (χ0n) is 20.5. The largest absolute Gasteiger partial charge is 0.468 e. The van der Waals surface area contributed by atoms with Gasteiger partial charge >= 0.3 is 6.18 Å². The van der Waals surface area contributed by atoms with Crippen LogP contribution in [0.5, 0.6) is 5.88 Å². The number of benzene rings is 2. The molecule has 0 radical (unpaired) electrons. The van der Waals surface area contributed by atoms with E-state index >= 15 is 0 Å². The Bertz CT molecular complexity index is 1390. The van der Waals surface area contributed by atoms with E-state index in [2.05, 4.69) is 19.8 Å². The lowest BCUT2D eigenvalue weighted by molar-refractivity contribution is -0.154. The SMILES string of the molecule is C[C@@H](NC(=O)C1CCC(NS(=O)(=O)c2ccc3nc(OCC(F)(F)F)ccc3c2)CC1)c1ccc(F)cc1. The van der Waals surface area contributed by atoms with E-state index in [4.69, 9.17) is 0 Å².